The minimum absolute atomic E-state index is 0.378. The van der Waals surface area contributed by atoms with Crippen LogP contribution in [0.2, 0.25) is 0 Å². The molecule has 5 heteroatoms. The van der Waals surface area contributed by atoms with E-state index in [2.05, 4.69) is 48.5 Å². The molecular weight excluding hydrogens is 240 g/mol. The Kier molecular flexibility index (Phi) is 7.48. The van der Waals surface area contributed by atoms with E-state index in [1.54, 1.807) is 0 Å². The van der Waals surface area contributed by atoms with Gasteiger partial charge in [-0.2, -0.15) is 0 Å². The second kappa shape index (κ2) is 8.91. The monoisotopic (exact) mass is 268 g/mol. The first-order valence-corrected chi connectivity index (χ1v) is 7.44. The predicted molar refractivity (Wildman–Crippen MR) is 78.1 cm³/mol. The highest BCUT2D eigenvalue weighted by atomic mass is 16.4. The van der Waals surface area contributed by atoms with Crippen LogP contribution in [0.4, 0.5) is 6.01 Å². The lowest BCUT2D eigenvalue weighted by Crippen LogP contribution is -2.21. The fraction of sp³-hybridized carbons (Fsp3) is 0.857. The van der Waals surface area contributed by atoms with Crippen molar-refractivity contribution < 1.29 is 4.42 Å². The molecule has 0 aromatic carbocycles. The summed E-state index contributed by atoms with van der Waals surface area (Å²) in [6.07, 6.45) is 6.28. The number of aromatic nitrogens is 2. The average molecular weight is 268 g/mol. The van der Waals surface area contributed by atoms with E-state index in [9.17, 15) is 0 Å². The summed E-state index contributed by atoms with van der Waals surface area (Å²) in [5.41, 5.74) is 0. The second-order valence-corrected chi connectivity index (χ2v) is 5.43. The number of hydrogen-bond acceptors (Lipinski definition) is 5. The maximum absolute atomic E-state index is 5.54. The van der Waals surface area contributed by atoms with Crippen molar-refractivity contribution in [2.75, 3.05) is 5.32 Å². The van der Waals surface area contributed by atoms with E-state index in [1.165, 1.54) is 25.7 Å². The summed E-state index contributed by atoms with van der Waals surface area (Å²) >= 11 is 0. The highest BCUT2D eigenvalue weighted by molar-refractivity contribution is 5.18. The molecule has 1 rings (SSSR count). The van der Waals surface area contributed by atoms with Gasteiger partial charge in [-0.1, -0.05) is 51.6 Å². The summed E-state index contributed by atoms with van der Waals surface area (Å²) in [6, 6.07) is 1.33. The molecule has 0 spiro atoms. The van der Waals surface area contributed by atoms with Gasteiger partial charge in [0.15, 0.2) is 0 Å². The van der Waals surface area contributed by atoms with E-state index in [0.29, 0.717) is 30.5 Å². The van der Waals surface area contributed by atoms with Crippen LogP contribution < -0.4 is 10.6 Å². The van der Waals surface area contributed by atoms with Gasteiger partial charge in [0.2, 0.25) is 5.89 Å². The summed E-state index contributed by atoms with van der Waals surface area (Å²) < 4.78 is 5.54. The van der Waals surface area contributed by atoms with Gasteiger partial charge in [0.25, 0.3) is 0 Å². The normalized spacial score (nSPS) is 12.9. The minimum Gasteiger partial charge on any atom is -0.407 e. The Hall–Kier alpha value is -1.10. The molecular formula is C14H28N4O. The van der Waals surface area contributed by atoms with E-state index < -0.39 is 0 Å². The molecule has 0 aliphatic carbocycles. The first-order valence-electron chi connectivity index (χ1n) is 7.44. The number of nitrogens with one attached hydrogen (secondary N) is 2. The van der Waals surface area contributed by atoms with Crippen molar-refractivity contribution in [3.63, 3.8) is 0 Å². The standard InChI is InChI=1S/C14H28N4O/c1-5-6-7-8-9-12(4)16-14-18-17-13(19-14)10-15-11(2)3/h11-12,15H,5-10H2,1-4H3,(H,16,18). The third-order valence-corrected chi connectivity index (χ3v) is 2.99. The number of anilines is 1. The number of hydrogen-bond donors (Lipinski definition) is 2. The van der Waals surface area contributed by atoms with Crippen molar-refractivity contribution in [1.82, 2.24) is 15.5 Å². The Morgan fingerprint density at radius 2 is 1.89 bits per heavy atom. The van der Waals surface area contributed by atoms with E-state index in [1.807, 2.05) is 0 Å². The highest BCUT2D eigenvalue weighted by Crippen LogP contribution is 2.11. The maximum atomic E-state index is 5.54. The van der Waals surface area contributed by atoms with E-state index in [4.69, 9.17) is 4.42 Å². The molecule has 0 amide bonds. The van der Waals surface area contributed by atoms with E-state index in [-0.39, 0.29) is 0 Å². The van der Waals surface area contributed by atoms with Crippen molar-refractivity contribution in [2.45, 2.75) is 78.4 Å². The lowest BCUT2D eigenvalue weighted by atomic mass is 10.1. The number of unbranched alkanes of at least 4 members (excludes halogenated alkanes) is 3. The van der Waals surface area contributed by atoms with Crippen molar-refractivity contribution in [3.8, 4) is 0 Å². The molecule has 1 heterocycles. The lowest BCUT2D eigenvalue weighted by molar-refractivity contribution is 0.454. The largest absolute Gasteiger partial charge is 0.407 e. The van der Waals surface area contributed by atoms with Crippen LogP contribution in [0.1, 0.15) is 65.7 Å². The molecule has 1 aromatic heterocycles. The van der Waals surface area contributed by atoms with Gasteiger partial charge in [0.1, 0.15) is 0 Å². The SMILES string of the molecule is CCCCCCC(C)Nc1nnc(CNC(C)C)o1. The third-order valence-electron chi connectivity index (χ3n) is 2.99. The van der Waals surface area contributed by atoms with Gasteiger partial charge in [-0.15, -0.1) is 5.10 Å². The van der Waals surface area contributed by atoms with Crippen LogP contribution in [0, 0.1) is 0 Å². The summed E-state index contributed by atoms with van der Waals surface area (Å²) in [6.45, 7) is 9.19. The molecule has 1 unspecified atom stereocenters. The quantitative estimate of drug-likeness (QED) is 0.637. The fourth-order valence-electron chi connectivity index (χ4n) is 1.84. The Bertz CT molecular complexity index is 338. The second-order valence-electron chi connectivity index (χ2n) is 5.43. The van der Waals surface area contributed by atoms with E-state index >= 15 is 0 Å². The molecule has 1 atom stereocenters. The molecule has 0 saturated carbocycles. The van der Waals surface area contributed by atoms with Crippen LogP contribution in [0.3, 0.4) is 0 Å². The minimum atomic E-state index is 0.378. The van der Waals surface area contributed by atoms with Crippen LogP contribution in [0.5, 0.6) is 0 Å². The first-order chi connectivity index (χ1) is 9.11. The van der Waals surface area contributed by atoms with Gasteiger partial charge in [-0.05, 0) is 13.3 Å². The maximum Gasteiger partial charge on any atom is 0.315 e. The molecule has 0 aliphatic rings. The van der Waals surface area contributed by atoms with Crippen LogP contribution in [0.25, 0.3) is 0 Å². The Morgan fingerprint density at radius 3 is 2.58 bits per heavy atom. The molecule has 2 N–H and O–H groups in total. The Balaban J connectivity index is 2.24. The molecule has 19 heavy (non-hydrogen) atoms. The number of rotatable bonds is 10. The predicted octanol–water partition coefficient (Wildman–Crippen LogP) is 3.34. The molecule has 1 aromatic rings. The van der Waals surface area contributed by atoms with Crippen LogP contribution in [-0.4, -0.2) is 22.3 Å². The van der Waals surface area contributed by atoms with Gasteiger partial charge < -0.3 is 15.1 Å². The number of nitrogens with zero attached hydrogens (tertiary/aromatic N) is 2. The molecule has 0 fully saturated rings. The zero-order valence-electron chi connectivity index (χ0n) is 12.7. The van der Waals surface area contributed by atoms with Crippen LogP contribution >= 0.6 is 0 Å². The van der Waals surface area contributed by atoms with Crippen molar-refractivity contribution in [3.05, 3.63) is 5.89 Å². The molecule has 0 bridgehead atoms. The topological polar surface area (TPSA) is 63.0 Å². The smallest absolute Gasteiger partial charge is 0.315 e. The third kappa shape index (κ3) is 7.15. The summed E-state index contributed by atoms with van der Waals surface area (Å²) in [5, 5.41) is 14.5. The Labute approximate surface area is 116 Å². The fourth-order valence-corrected chi connectivity index (χ4v) is 1.84. The molecule has 0 radical (unpaired) electrons. The first kappa shape index (κ1) is 16.0. The van der Waals surface area contributed by atoms with E-state index in [0.717, 1.165) is 6.42 Å². The zero-order valence-corrected chi connectivity index (χ0v) is 12.7. The molecule has 5 nitrogen and oxygen atoms in total. The van der Waals surface area contributed by atoms with Crippen molar-refractivity contribution >= 4 is 6.01 Å². The van der Waals surface area contributed by atoms with Crippen LogP contribution in [-0.2, 0) is 6.54 Å². The summed E-state index contributed by atoms with van der Waals surface area (Å²) in [4.78, 5) is 0. The molecule has 0 aliphatic heterocycles. The summed E-state index contributed by atoms with van der Waals surface area (Å²) in [7, 11) is 0. The molecule has 110 valence electrons. The van der Waals surface area contributed by atoms with Gasteiger partial charge >= 0.3 is 6.01 Å². The van der Waals surface area contributed by atoms with Gasteiger partial charge in [-0.3, -0.25) is 0 Å². The highest BCUT2D eigenvalue weighted by Gasteiger charge is 2.09. The van der Waals surface area contributed by atoms with Gasteiger partial charge in [-0.25, -0.2) is 0 Å². The van der Waals surface area contributed by atoms with Crippen molar-refractivity contribution in [2.24, 2.45) is 0 Å². The van der Waals surface area contributed by atoms with Crippen LogP contribution in [0.15, 0.2) is 4.42 Å². The molecule has 0 saturated heterocycles. The zero-order chi connectivity index (χ0) is 14.1. The van der Waals surface area contributed by atoms with Gasteiger partial charge in [0, 0.05) is 12.1 Å². The average Bonchev–Trinajstić information content (AvgIpc) is 2.80. The van der Waals surface area contributed by atoms with Crippen molar-refractivity contribution in [1.29, 1.82) is 0 Å². The lowest BCUT2D eigenvalue weighted by Gasteiger charge is -2.11. The van der Waals surface area contributed by atoms with Gasteiger partial charge in [0.05, 0.1) is 6.54 Å². The Morgan fingerprint density at radius 1 is 1.11 bits per heavy atom. The summed E-state index contributed by atoms with van der Waals surface area (Å²) in [5.74, 6) is 0.634.